The summed E-state index contributed by atoms with van der Waals surface area (Å²) in [5.41, 5.74) is 0. The lowest BCUT2D eigenvalue weighted by atomic mass is 12.0. The molecule has 0 heterocycles. The fourth-order valence-corrected chi connectivity index (χ4v) is 6.72. The molecule has 0 nitrogen and oxygen atoms in total. The summed E-state index contributed by atoms with van der Waals surface area (Å²) in [6.45, 7) is 2.19. The van der Waals surface area contributed by atoms with Gasteiger partial charge in [-0.3, -0.25) is 0 Å². The minimum atomic E-state index is -0.290. The molecule has 0 fully saturated rings. The van der Waals surface area contributed by atoms with E-state index >= 15 is 0 Å². The maximum Gasteiger partial charge on any atom is -0.0376 e. The summed E-state index contributed by atoms with van der Waals surface area (Å²) in [5, 5.41) is 0. The Morgan fingerprint density at radius 3 is 2.50 bits per heavy atom. The second-order valence-electron chi connectivity index (χ2n) is 0.772. The van der Waals surface area contributed by atoms with Crippen molar-refractivity contribution in [3.05, 3.63) is 0 Å². The van der Waals surface area contributed by atoms with Crippen LogP contribution in [0, 0.1) is 0 Å². The molecule has 4 heteroatoms. The summed E-state index contributed by atoms with van der Waals surface area (Å²) < 4.78 is 0. The SMILES string of the molecule is C=[PH](P)SPC. The van der Waals surface area contributed by atoms with Crippen molar-refractivity contribution in [1.29, 1.82) is 0 Å². The predicted molar refractivity (Wildman–Crippen MR) is 47.0 cm³/mol. The van der Waals surface area contributed by atoms with Gasteiger partial charge in [-0.25, -0.2) is 0 Å². The standard InChI is InChI=1S/C2H9P3S/c1-4-6-5(2)3/h4-5H,2-3H2,1H3. The van der Waals surface area contributed by atoms with E-state index in [1.165, 1.54) is 0 Å². The van der Waals surface area contributed by atoms with Crippen LogP contribution in [0.5, 0.6) is 0 Å². The van der Waals surface area contributed by atoms with Gasteiger partial charge in [0.25, 0.3) is 0 Å². The minimum absolute atomic E-state index is 0.290. The van der Waals surface area contributed by atoms with Gasteiger partial charge < -0.3 is 0 Å². The van der Waals surface area contributed by atoms with Gasteiger partial charge in [0, 0.05) is 0 Å². The lowest BCUT2D eigenvalue weighted by molar-refractivity contribution is 2.51. The van der Waals surface area contributed by atoms with Crippen LogP contribution < -0.4 is 0 Å². The van der Waals surface area contributed by atoms with Gasteiger partial charge in [-0.05, 0) is 6.66 Å². The Hall–Kier alpha value is 1.51. The zero-order chi connectivity index (χ0) is 4.99. The highest BCUT2D eigenvalue weighted by Gasteiger charge is 1.74. The van der Waals surface area contributed by atoms with Gasteiger partial charge in [-0.1, -0.05) is 20.5 Å². The summed E-state index contributed by atoms with van der Waals surface area (Å²) in [5.74, 6) is 0. The Labute approximate surface area is 47.6 Å². The third-order valence-electron chi connectivity index (χ3n) is 0.233. The highest BCUT2D eigenvalue weighted by Crippen LogP contribution is 2.53. The molecule has 0 rings (SSSR count). The van der Waals surface area contributed by atoms with E-state index in [9.17, 15) is 0 Å². The van der Waals surface area contributed by atoms with Gasteiger partial charge in [0.2, 0.25) is 0 Å². The summed E-state index contributed by atoms with van der Waals surface area (Å²) in [7, 11) is 3.76. The van der Waals surface area contributed by atoms with Crippen LogP contribution in [0.3, 0.4) is 0 Å². The van der Waals surface area contributed by atoms with Crippen LogP contribution in [0.25, 0.3) is 0 Å². The van der Waals surface area contributed by atoms with Gasteiger partial charge in [-0.15, -0.1) is 19.9 Å². The Bertz CT molecular complexity index is 52.8. The van der Waals surface area contributed by atoms with E-state index in [0.29, 0.717) is 0 Å². The third-order valence-corrected chi connectivity index (χ3v) is 9.48. The summed E-state index contributed by atoms with van der Waals surface area (Å²) in [6, 6.07) is 0. The summed E-state index contributed by atoms with van der Waals surface area (Å²) >= 11 is 1.97. The molecule has 0 saturated heterocycles. The molecule has 0 spiro atoms. The van der Waals surface area contributed by atoms with Crippen LogP contribution in [0.2, 0.25) is 0 Å². The molecule has 0 aliphatic rings. The van der Waals surface area contributed by atoms with Gasteiger partial charge in [0.05, 0.1) is 0 Å². The van der Waals surface area contributed by atoms with Gasteiger partial charge in [-0.2, -0.15) is 0 Å². The van der Waals surface area contributed by atoms with Crippen LogP contribution in [0.1, 0.15) is 0 Å². The van der Waals surface area contributed by atoms with E-state index in [-0.39, 0.29) is 6.44 Å². The first kappa shape index (κ1) is 7.51. The highest BCUT2D eigenvalue weighted by atomic mass is 33.1. The molecule has 0 aromatic heterocycles. The fourth-order valence-electron chi connectivity index (χ4n) is 0.131. The molecule has 3 atom stereocenters. The van der Waals surface area contributed by atoms with Crippen molar-refractivity contribution in [3.8, 4) is 0 Å². The molecule has 0 amide bonds. The Balaban J connectivity index is 2.83. The number of rotatable bonds is 2. The first-order valence-electron chi connectivity index (χ1n) is 1.55. The van der Waals surface area contributed by atoms with Crippen LogP contribution >= 0.6 is 34.1 Å². The fraction of sp³-hybridized carbons (Fsp3) is 0.500. The average Bonchev–Trinajstić information content (AvgIpc) is 1.35. The molecule has 0 aromatic carbocycles. The molecule has 0 aliphatic heterocycles. The van der Waals surface area contributed by atoms with Crippen LogP contribution in [0.4, 0.5) is 0 Å². The number of hydrogen-bond donors (Lipinski definition) is 0. The second kappa shape index (κ2) is 4.66. The second-order valence-corrected chi connectivity index (χ2v) is 10.9. The smallest absolute Gasteiger partial charge is 0.0376 e. The van der Waals surface area contributed by atoms with Crippen molar-refractivity contribution >= 4 is 40.4 Å². The topological polar surface area (TPSA) is 0 Å². The van der Waals surface area contributed by atoms with Gasteiger partial charge in [0.15, 0.2) is 0 Å². The Morgan fingerprint density at radius 1 is 2.00 bits per heavy atom. The van der Waals surface area contributed by atoms with Crippen molar-refractivity contribution in [3.63, 3.8) is 0 Å². The molecule has 0 aromatic rings. The summed E-state index contributed by atoms with van der Waals surface area (Å²) in [4.78, 5) is 0. The minimum Gasteiger partial charge on any atom is -0.111 e. The largest absolute Gasteiger partial charge is 0.111 e. The zero-order valence-electron chi connectivity index (χ0n) is 3.69. The predicted octanol–water partition coefficient (Wildman–Crippen LogP) is 2.29. The van der Waals surface area contributed by atoms with Crippen LogP contribution in [-0.2, 0) is 0 Å². The van der Waals surface area contributed by atoms with Gasteiger partial charge in [0.1, 0.15) is 0 Å². The average molecular weight is 158 g/mol. The monoisotopic (exact) mass is 158 g/mol. The summed E-state index contributed by atoms with van der Waals surface area (Å²) in [6.07, 6.45) is 3.57. The quantitative estimate of drug-likeness (QED) is 0.555. The van der Waals surface area contributed by atoms with Crippen molar-refractivity contribution in [1.82, 2.24) is 0 Å². The molecule has 38 valence electrons. The maximum atomic E-state index is 3.86. The van der Waals surface area contributed by atoms with Crippen molar-refractivity contribution in [2.24, 2.45) is 0 Å². The van der Waals surface area contributed by atoms with E-state index in [2.05, 4.69) is 21.9 Å². The van der Waals surface area contributed by atoms with Crippen LogP contribution in [0.15, 0.2) is 0 Å². The molecular formula is C2H9P3S. The van der Waals surface area contributed by atoms with E-state index in [4.69, 9.17) is 0 Å². The molecule has 0 N–H and O–H groups in total. The van der Waals surface area contributed by atoms with Crippen LogP contribution in [-0.4, -0.2) is 13.0 Å². The maximum absolute atomic E-state index is 3.86. The molecule has 6 heavy (non-hydrogen) atoms. The van der Waals surface area contributed by atoms with Crippen molar-refractivity contribution in [2.75, 3.05) is 6.66 Å². The zero-order valence-corrected chi connectivity index (χ0v) is 7.66. The lowest BCUT2D eigenvalue weighted by Crippen LogP contribution is -1.21. The Morgan fingerprint density at radius 2 is 2.50 bits per heavy atom. The molecule has 0 aliphatic carbocycles. The van der Waals surface area contributed by atoms with Crippen molar-refractivity contribution < 1.29 is 0 Å². The van der Waals surface area contributed by atoms with E-state index in [1.807, 2.05) is 11.0 Å². The van der Waals surface area contributed by atoms with E-state index in [1.54, 1.807) is 0 Å². The highest BCUT2D eigenvalue weighted by molar-refractivity contribution is 8.89. The first-order chi connectivity index (χ1) is 2.77. The lowest BCUT2D eigenvalue weighted by Gasteiger charge is -1.89. The van der Waals surface area contributed by atoms with E-state index < -0.39 is 0 Å². The molecular weight excluding hydrogens is 149 g/mol. The molecule has 0 radical (unpaired) electrons. The third kappa shape index (κ3) is 5.51. The Kier molecular flexibility index (Phi) is 5.84. The normalized spacial score (nSPS) is 16.3. The van der Waals surface area contributed by atoms with E-state index in [0.717, 1.165) is 7.78 Å². The molecule has 0 bridgehead atoms. The molecule has 0 saturated carbocycles. The first-order valence-corrected chi connectivity index (χ1v) is 8.83. The van der Waals surface area contributed by atoms with Gasteiger partial charge >= 0.3 is 0 Å². The van der Waals surface area contributed by atoms with Crippen molar-refractivity contribution in [2.45, 2.75) is 0 Å². The molecule has 3 unspecified atom stereocenters. The number of hydrogen-bond acceptors (Lipinski definition) is 1.